The van der Waals surface area contributed by atoms with Crippen LogP contribution in [0.25, 0.3) is 16.2 Å². The first kappa shape index (κ1) is 8.32. The molecular weight excluding hydrogens is 178 g/mol. The molecule has 0 atom stereocenters. The fourth-order valence-electron chi connectivity index (χ4n) is 1.42. The third-order valence-electron chi connectivity index (χ3n) is 2.00. The standard InChI is InChI=1S/C11H11NS/c1-2-5-9-8-6-3-4-7-10(8)13-11(9)12/h2-7H,12H2,1H3/b5-2-. The van der Waals surface area contributed by atoms with E-state index < -0.39 is 0 Å². The number of benzene rings is 1. The second-order valence-electron chi connectivity index (χ2n) is 2.88. The predicted molar refractivity (Wildman–Crippen MR) is 60.9 cm³/mol. The van der Waals surface area contributed by atoms with E-state index in [2.05, 4.69) is 18.2 Å². The Morgan fingerprint density at radius 1 is 1.31 bits per heavy atom. The molecule has 0 fully saturated rings. The van der Waals surface area contributed by atoms with Crippen LogP contribution in [0.1, 0.15) is 12.5 Å². The minimum absolute atomic E-state index is 0.902. The minimum atomic E-state index is 0.902. The topological polar surface area (TPSA) is 26.0 Å². The lowest BCUT2D eigenvalue weighted by Gasteiger charge is -1.91. The molecule has 0 bridgehead atoms. The van der Waals surface area contributed by atoms with E-state index in [1.165, 1.54) is 10.1 Å². The summed E-state index contributed by atoms with van der Waals surface area (Å²) in [6.07, 6.45) is 4.08. The van der Waals surface area contributed by atoms with Gasteiger partial charge in [-0.15, -0.1) is 11.3 Å². The molecule has 1 nitrogen and oxygen atoms in total. The Labute approximate surface area is 81.5 Å². The lowest BCUT2D eigenvalue weighted by atomic mass is 10.1. The van der Waals surface area contributed by atoms with Crippen molar-refractivity contribution < 1.29 is 0 Å². The summed E-state index contributed by atoms with van der Waals surface area (Å²) in [6.45, 7) is 2.01. The summed E-state index contributed by atoms with van der Waals surface area (Å²) in [4.78, 5) is 0. The summed E-state index contributed by atoms with van der Waals surface area (Å²) in [5.74, 6) is 0. The maximum absolute atomic E-state index is 5.91. The maximum Gasteiger partial charge on any atom is 0.0942 e. The van der Waals surface area contributed by atoms with Gasteiger partial charge in [0.25, 0.3) is 0 Å². The van der Waals surface area contributed by atoms with Crippen LogP contribution in [0, 0.1) is 0 Å². The third kappa shape index (κ3) is 1.33. The van der Waals surface area contributed by atoms with Gasteiger partial charge in [0, 0.05) is 15.6 Å². The van der Waals surface area contributed by atoms with Crippen molar-refractivity contribution >= 4 is 32.5 Å². The highest BCUT2D eigenvalue weighted by molar-refractivity contribution is 7.23. The molecule has 0 saturated heterocycles. The number of nitrogen functional groups attached to an aromatic ring is 1. The Morgan fingerprint density at radius 3 is 2.85 bits per heavy atom. The van der Waals surface area contributed by atoms with Gasteiger partial charge in [0.05, 0.1) is 5.00 Å². The summed E-state index contributed by atoms with van der Waals surface area (Å²) < 4.78 is 1.26. The van der Waals surface area contributed by atoms with Crippen LogP contribution in [0.2, 0.25) is 0 Å². The minimum Gasteiger partial charge on any atom is -0.390 e. The molecule has 0 aliphatic rings. The number of allylic oxidation sites excluding steroid dienone is 1. The van der Waals surface area contributed by atoms with Crippen molar-refractivity contribution in [3.63, 3.8) is 0 Å². The van der Waals surface area contributed by atoms with E-state index in [9.17, 15) is 0 Å². The van der Waals surface area contributed by atoms with Gasteiger partial charge in [-0.2, -0.15) is 0 Å². The summed E-state index contributed by atoms with van der Waals surface area (Å²) in [6, 6.07) is 8.29. The van der Waals surface area contributed by atoms with Gasteiger partial charge in [-0.1, -0.05) is 30.4 Å². The average Bonchev–Trinajstić information content (AvgIpc) is 2.44. The molecule has 1 heterocycles. The van der Waals surface area contributed by atoms with Gasteiger partial charge in [0.15, 0.2) is 0 Å². The summed E-state index contributed by atoms with van der Waals surface area (Å²) >= 11 is 1.65. The molecule has 0 radical (unpaired) electrons. The molecule has 0 aliphatic carbocycles. The number of hydrogen-bond donors (Lipinski definition) is 1. The second kappa shape index (κ2) is 3.23. The van der Waals surface area contributed by atoms with Crippen LogP contribution in [0.4, 0.5) is 5.00 Å². The Kier molecular flexibility index (Phi) is 2.07. The average molecular weight is 189 g/mol. The van der Waals surface area contributed by atoms with E-state index in [0.29, 0.717) is 0 Å². The Morgan fingerprint density at radius 2 is 2.08 bits per heavy atom. The van der Waals surface area contributed by atoms with Crippen molar-refractivity contribution in [1.29, 1.82) is 0 Å². The van der Waals surface area contributed by atoms with Gasteiger partial charge in [-0.25, -0.2) is 0 Å². The molecule has 0 spiro atoms. The number of hydrogen-bond acceptors (Lipinski definition) is 2. The van der Waals surface area contributed by atoms with E-state index in [-0.39, 0.29) is 0 Å². The van der Waals surface area contributed by atoms with Crippen LogP contribution in [0.5, 0.6) is 0 Å². The van der Waals surface area contributed by atoms with Crippen molar-refractivity contribution in [1.82, 2.24) is 0 Å². The van der Waals surface area contributed by atoms with E-state index in [1.807, 2.05) is 25.1 Å². The third-order valence-corrected chi connectivity index (χ3v) is 3.01. The number of nitrogens with two attached hydrogens (primary N) is 1. The first-order chi connectivity index (χ1) is 6.33. The molecule has 1 aromatic heterocycles. The molecule has 1 aromatic carbocycles. The molecule has 2 N–H and O–H groups in total. The summed E-state index contributed by atoms with van der Waals surface area (Å²) in [7, 11) is 0. The maximum atomic E-state index is 5.91. The van der Waals surface area contributed by atoms with Crippen LogP contribution in [0.3, 0.4) is 0 Å². The van der Waals surface area contributed by atoms with Crippen LogP contribution < -0.4 is 5.73 Å². The number of anilines is 1. The first-order valence-corrected chi connectivity index (χ1v) is 5.04. The second-order valence-corrected chi connectivity index (χ2v) is 3.96. The quantitative estimate of drug-likeness (QED) is 0.729. The largest absolute Gasteiger partial charge is 0.390 e. The van der Waals surface area contributed by atoms with Crippen LogP contribution in [-0.4, -0.2) is 0 Å². The molecule has 13 heavy (non-hydrogen) atoms. The normalized spacial score (nSPS) is 11.5. The highest BCUT2D eigenvalue weighted by atomic mass is 32.1. The molecule has 2 rings (SSSR count). The fraction of sp³-hybridized carbons (Fsp3) is 0.0909. The number of rotatable bonds is 1. The zero-order chi connectivity index (χ0) is 9.26. The molecule has 66 valence electrons. The van der Waals surface area contributed by atoms with E-state index >= 15 is 0 Å². The Hall–Kier alpha value is -1.28. The van der Waals surface area contributed by atoms with Crippen molar-refractivity contribution in [3.05, 3.63) is 35.9 Å². The summed E-state index contributed by atoms with van der Waals surface area (Å²) in [5, 5.41) is 2.16. The number of fused-ring (bicyclic) bond motifs is 1. The van der Waals surface area contributed by atoms with Crippen molar-refractivity contribution in [3.8, 4) is 0 Å². The van der Waals surface area contributed by atoms with E-state index in [0.717, 1.165) is 10.6 Å². The molecular formula is C11H11NS. The lowest BCUT2D eigenvalue weighted by Crippen LogP contribution is -1.80. The zero-order valence-corrected chi connectivity index (χ0v) is 8.27. The molecule has 0 unspecified atom stereocenters. The van der Waals surface area contributed by atoms with E-state index in [1.54, 1.807) is 11.3 Å². The highest BCUT2D eigenvalue weighted by Crippen LogP contribution is 2.33. The molecule has 0 aliphatic heterocycles. The lowest BCUT2D eigenvalue weighted by molar-refractivity contribution is 1.76. The van der Waals surface area contributed by atoms with Gasteiger partial charge < -0.3 is 5.73 Å². The van der Waals surface area contributed by atoms with Crippen LogP contribution >= 0.6 is 11.3 Å². The fourth-order valence-corrected chi connectivity index (χ4v) is 2.38. The molecule has 2 heteroatoms. The smallest absolute Gasteiger partial charge is 0.0942 e. The van der Waals surface area contributed by atoms with Gasteiger partial charge in [-0.05, 0) is 13.0 Å². The zero-order valence-electron chi connectivity index (χ0n) is 7.45. The SMILES string of the molecule is C/C=C\c1c(N)sc2ccccc12. The number of thiophene rings is 1. The van der Waals surface area contributed by atoms with Gasteiger partial charge in [0.2, 0.25) is 0 Å². The van der Waals surface area contributed by atoms with Gasteiger partial charge in [-0.3, -0.25) is 0 Å². The van der Waals surface area contributed by atoms with Crippen LogP contribution in [0.15, 0.2) is 30.3 Å². The van der Waals surface area contributed by atoms with E-state index in [4.69, 9.17) is 5.73 Å². The van der Waals surface area contributed by atoms with Crippen molar-refractivity contribution in [2.45, 2.75) is 6.92 Å². The molecule has 0 amide bonds. The van der Waals surface area contributed by atoms with Gasteiger partial charge in [0.1, 0.15) is 0 Å². The Bertz CT molecular complexity index is 454. The Balaban J connectivity index is 2.78. The van der Waals surface area contributed by atoms with Crippen molar-refractivity contribution in [2.24, 2.45) is 0 Å². The van der Waals surface area contributed by atoms with Gasteiger partial charge >= 0.3 is 0 Å². The summed E-state index contributed by atoms with van der Waals surface area (Å²) in [5.41, 5.74) is 7.06. The monoisotopic (exact) mass is 189 g/mol. The molecule has 2 aromatic rings. The first-order valence-electron chi connectivity index (χ1n) is 4.22. The van der Waals surface area contributed by atoms with Crippen LogP contribution in [-0.2, 0) is 0 Å². The highest BCUT2D eigenvalue weighted by Gasteiger charge is 2.04. The molecule has 0 saturated carbocycles. The predicted octanol–water partition coefficient (Wildman–Crippen LogP) is 3.52. The van der Waals surface area contributed by atoms with Crippen molar-refractivity contribution in [2.75, 3.05) is 5.73 Å².